The van der Waals surface area contributed by atoms with Gasteiger partial charge in [-0.1, -0.05) is 0 Å². The van der Waals surface area contributed by atoms with Crippen LogP contribution in [0.1, 0.15) is 11.3 Å². The topological polar surface area (TPSA) is 56.0 Å². The molecule has 1 rings (SSSR count). The molecule has 0 aliphatic rings. The van der Waals surface area contributed by atoms with Crippen molar-refractivity contribution in [1.29, 1.82) is 0 Å². The number of carbonyl (C=O) groups is 1. The molecular formula is C8H10N2O. The number of nitrogens with zero attached hydrogens (tertiary/aromatic N) is 1. The third-order valence-electron chi connectivity index (χ3n) is 1.34. The number of hydrogen-bond donors (Lipinski definition) is 1. The van der Waals surface area contributed by atoms with E-state index in [0.29, 0.717) is 6.42 Å². The molecule has 11 heavy (non-hydrogen) atoms. The lowest BCUT2D eigenvalue weighted by Gasteiger charge is -1.96. The van der Waals surface area contributed by atoms with Gasteiger partial charge < -0.3 is 5.73 Å². The van der Waals surface area contributed by atoms with Crippen molar-refractivity contribution >= 4 is 5.91 Å². The number of aryl methyl sites for hydroxylation is 1. The zero-order valence-corrected chi connectivity index (χ0v) is 6.37. The van der Waals surface area contributed by atoms with Crippen LogP contribution in [-0.4, -0.2) is 10.9 Å². The minimum Gasteiger partial charge on any atom is -0.369 e. The molecule has 0 aliphatic heterocycles. The average Bonchev–Trinajstić information content (AvgIpc) is 1.85. The number of primary amides is 1. The van der Waals surface area contributed by atoms with Crippen LogP contribution in [0.25, 0.3) is 0 Å². The molecule has 1 aromatic rings. The Labute approximate surface area is 65.2 Å². The molecular weight excluding hydrogens is 140 g/mol. The third-order valence-corrected chi connectivity index (χ3v) is 1.34. The van der Waals surface area contributed by atoms with E-state index in [0.717, 1.165) is 11.3 Å². The van der Waals surface area contributed by atoms with E-state index in [9.17, 15) is 4.79 Å². The minimum atomic E-state index is -0.310. The van der Waals surface area contributed by atoms with Crippen molar-refractivity contribution in [3.8, 4) is 0 Å². The zero-order chi connectivity index (χ0) is 8.27. The van der Waals surface area contributed by atoms with E-state index in [2.05, 4.69) is 4.98 Å². The van der Waals surface area contributed by atoms with Crippen LogP contribution >= 0.6 is 0 Å². The summed E-state index contributed by atoms with van der Waals surface area (Å²) < 4.78 is 0. The number of amides is 1. The first-order valence-electron chi connectivity index (χ1n) is 3.38. The molecule has 0 radical (unpaired) electrons. The SMILES string of the molecule is Cc1cc(CC(N)=O)ccn1. The largest absolute Gasteiger partial charge is 0.369 e. The summed E-state index contributed by atoms with van der Waals surface area (Å²) in [4.78, 5) is 14.5. The lowest BCUT2D eigenvalue weighted by atomic mass is 10.2. The van der Waals surface area contributed by atoms with Gasteiger partial charge in [0.05, 0.1) is 6.42 Å². The summed E-state index contributed by atoms with van der Waals surface area (Å²) in [7, 11) is 0. The molecule has 0 saturated carbocycles. The highest BCUT2D eigenvalue weighted by Crippen LogP contribution is 2.00. The molecule has 0 atom stereocenters. The van der Waals surface area contributed by atoms with Crippen LogP contribution in [0.5, 0.6) is 0 Å². The first kappa shape index (κ1) is 7.72. The van der Waals surface area contributed by atoms with E-state index in [1.807, 2.05) is 13.0 Å². The van der Waals surface area contributed by atoms with Crippen molar-refractivity contribution in [1.82, 2.24) is 4.98 Å². The normalized spacial score (nSPS) is 9.55. The Morgan fingerprint density at radius 3 is 3.00 bits per heavy atom. The summed E-state index contributed by atoms with van der Waals surface area (Å²) in [5.74, 6) is -0.310. The summed E-state index contributed by atoms with van der Waals surface area (Å²) in [5.41, 5.74) is 6.84. The summed E-state index contributed by atoms with van der Waals surface area (Å²) >= 11 is 0. The predicted octanol–water partition coefficient (Wildman–Crippen LogP) is 0.418. The van der Waals surface area contributed by atoms with Crippen molar-refractivity contribution in [3.63, 3.8) is 0 Å². The average molecular weight is 150 g/mol. The number of nitrogens with two attached hydrogens (primary N) is 1. The van der Waals surface area contributed by atoms with E-state index in [1.54, 1.807) is 12.3 Å². The molecule has 3 nitrogen and oxygen atoms in total. The molecule has 0 bridgehead atoms. The van der Waals surface area contributed by atoms with E-state index >= 15 is 0 Å². The fraction of sp³-hybridized carbons (Fsp3) is 0.250. The molecule has 0 aliphatic carbocycles. The van der Waals surface area contributed by atoms with Gasteiger partial charge in [0.25, 0.3) is 0 Å². The Balaban J connectivity index is 2.79. The van der Waals surface area contributed by atoms with Crippen molar-refractivity contribution in [2.75, 3.05) is 0 Å². The highest BCUT2D eigenvalue weighted by atomic mass is 16.1. The van der Waals surface area contributed by atoms with Crippen LogP contribution in [0.3, 0.4) is 0 Å². The van der Waals surface area contributed by atoms with Crippen LogP contribution in [0.15, 0.2) is 18.3 Å². The summed E-state index contributed by atoms with van der Waals surface area (Å²) in [6, 6.07) is 3.64. The quantitative estimate of drug-likeness (QED) is 0.664. The Morgan fingerprint density at radius 2 is 2.45 bits per heavy atom. The number of aromatic nitrogens is 1. The van der Waals surface area contributed by atoms with Gasteiger partial charge in [-0.2, -0.15) is 0 Å². The molecule has 1 aromatic heterocycles. The van der Waals surface area contributed by atoms with E-state index in [-0.39, 0.29) is 5.91 Å². The van der Waals surface area contributed by atoms with E-state index in [1.165, 1.54) is 0 Å². The van der Waals surface area contributed by atoms with Gasteiger partial charge in [-0.05, 0) is 24.6 Å². The van der Waals surface area contributed by atoms with Gasteiger partial charge in [0.15, 0.2) is 0 Å². The van der Waals surface area contributed by atoms with Crippen LogP contribution < -0.4 is 5.73 Å². The smallest absolute Gasteiger partial charge is 0.221 e. The fourth-order valence-corrected chi connectivity index (χ4v) is 0.915. The Kier molecular flexibility index (Phi) is 2.21. The Hall–Kier alpha value is -1.38. The second-order valence-corrected chi connectivity index (χ2v) is 2.45. The van der Waals surface area contributed by atoms with Crippen molar-refractivity contribution < 1.29 is 4.79 Å². The molecule has 0 aromatic carbocycles. The van der Waals surface area contributed by atoms with Gasteiger partial charge in [0.1, 0.15) is 0 Å². The zero-order valence-electron chi connectivity index (χ0n) is 6.37. The third kappa shape index (κ3) is 2.37. The van der Waals surface area contributed by atoms with Gasteiger partial charge in [-0.25, -0.2) is 0 Å². The number of hydrogen-bond acceptors (Lipinski definition) is 2. The van der Waals surface area contributed by atoms with Gasteiger partial charge in [0, 0.05) is 11.9 Å². The molecule has 0 fully saturated rings. The molecule has 3 heteroatoms. The summed E-state index contributed by atoms with van der Waals surface area (Å²) in [6.07, 6.45) is 1.97. The first-order valence-corrected chi connectivity index (χ1v) is 3.38. The van der Waals surface area contributed by atoms with Crippen molar-refractivity contribution in [3.05, 3.63) is 29.6 Å². The second-order valence-electron chi connectivity index (χ2n) is 2.45. The fourth-order valence-electron chi connectivity index (χ4n) is 0.915. The first-order chi connectivity index (χ1) is 5.18. The Bertz CT molecular complexity index is 271. The maximum Gasteiger partial charge on any atom is 0.221 e. The van der Waals surface area contributed by atoms with Gasteiger partial charge in [-0.15, -0.1) is 0 Å². The van der Waals surface area contributed by atoms with Crippen LogP contribution in [0.2, 0.25) is 0 Å². The monoisotopic (exact) mass is 150 g/mol. The summed E-state index contributed by atoms with van der Waals surface area (Å²) in [5, 5.41) is 0. The molecule has 2 N–H and O–H groups in total. The van der Waals surface area contributed by atoms with Gasteiger partial charge in [0.2, 0.25) is 5.91 Å². The number of pyridine rings is 1. The predicted molar refractivity (Wildman–Crippen MR) is 41.9 cm³/mol. The minimum absolute atomic E-state index is 0.295. The van der Waals surface area contributed by atoms with E-state index in [4.69, 9.17) is 5.73 Å². The van der Waals surface area contributed by atoms with Crippen molar-refractivity contribution in [2.24, 2.45) is 5.73 Å². The standard InChI is InChI=1S/C8H10N2O/c1-6-4-7(2-3-10-6)5-8(9)11/h2-4H,5H2,1H3,(H2,9,11). The van der Waals surface area contributed by atoms with Crippen molar-refractivity contribution in [2.45, 2.75) is 13.3 Å². The lowest BCUT2D eigenvalue weighted by molar-refractivity contribution is -0.117. The van der Waals surface area contributed by atoms with Crippen LogP contribution in [0.4, 0.5) is 0 Å². The maximum atomic E-state index is 10.5. The molecule has 1 amide bonds. The van der Waals surface area contributed by atoms with Crippen LogP contribution in [-0.2, 0) is 11.2 Å². The molecule has 1 heterocycles. The second kappa shape index (κ2) is 3.14. The van der Waals surface area contributed by atoms with Crippen LogP contribution in [0, 0.1) is 6.92 Å². The highest BCUT2D eigenvalue weighted by Gasteiger charge is 1.97. The lowest BCUT2D eigenvalue weighted by Crippen LogP contribution is -2.13. The molecule has 58 valence electrons. The number of rotatable bonds is 2. The van der Waals surface area contributed by atoms with Gasteiger partial charge in [-0.3, -0.25) is 9.78 Å². The van der Waals surface area contributed by atoms with E-state index < -0.39 is 0 Å². The molecule has 0 saturated heterocycles. The Morgan fingerprint density at radius 1 is 1.73 bits per heavy atom. The number of carbonyl (C=O) groups excluding carboxylic acids is 1. The van der Waals surface area contributed by atoms with Gasteiger partial charge >= 0.3 is 0 Å². The molecule has 0 spiro atoms. The maximum absolute atomic E-state index is 10.5. The molecule has 0 unspecified atom stereocenters. The highest BCUT2D eigenvalue weighted by molar-refractivity contribution is 5.76. The summed E-state index contributed by atoms with van der Waals surface area (Å²) in [6.45, 7) is 1.88.